The van der Waals surface area contributed by atoms with E-state index in [-0.39, 0.29) is 22.8 Å². The first-order valence-corrected chi connectivity index (χ1v) is 8.86. The molecule has 0 aliphatic heterocycles. The zero-order valence-corrected chi connectivity index (χ0v) is 16.1. The van der Waals surface area contributed by atoms with E-state index in [9.17, 15) is 35.6 Å². The molecule has 0 saturated heterocycles. The summed E-state index contributed by atoms with van der Waals surface area (Å²) in [5, 5.41) is 42.4. The number of ether oxygens (including phenoxy) is 1. The number of non-ortho nitro benzene ring substituents is 2. The second-order valence-electron chi connectivity index (χ2n) is 6.31. The van der Waals surface area contributed by atoms with Crippen molar-refractivity contribution < 1.29 is 19.5 Å². The van der Waals surface area contributed by atoms with Crippen LogP contribution in [0.5, 0.6) is 11.5 Å². The number of allylic oxidation sites excluding steroid dienone is 1. The van der Waals surface area contributed by atoms with Crippen LogP contribution in [0.25, 0.3) is 11.6 Å². The van der Waals surface area contributed by atoms with Gasteiger partial charge in [0.05, 0.1) is 32.5 Å². The highest BCUT2D eigenvalue weighted by molar-refractivity contribution is 5.89. The Morgan fingerprint density at radius 2 is 1.50 bits per heavy atom. The van der Waals surface area contributed by atoms with Gasteiger partial charge >= 0.3 is 5.69 Å². The fourth-order valence-electron chi connectivity index (χ4n) is 2.75. The lowest BCUT2D eigenvalue weighted by Crippen LogP contribution is -1.96. The molecular weight excluding hydrogens is 420 g/mol. The molecule has 3 rings (SSSR count). The van der Waals surface area contributed by atoms with Crippen molar-refractivity contribution in [3.8, 4) is 17.6 Å². The first-order chi connectivity index (χ1) is 15.3. The molecule has 0 N–H and O–H groups in total. The molecule has 0 aromatic heterocycles. The summed E-state index contributed by atoms with van der Waals surface area (Å²) in [5.41, 5.74) is 0.119. The number of hydrogen-bond acceptors (Lipinski definition) is 8. The van der Waals surface area contributed by atoms with Crippen molar-refractivity contribution in [2.75, 3.05) is 0 Å². The van der Waals surface area contributed by atoms with E-state index in [2.05, 4.69) is 0 Å². The lowest BCUT2D eigenvalue weighted by Gasteiger charge is -2.07. The Hall–Kier alpha value is -5.11. The molecule has 0 fully saturated rings. The number of benzene rings is 3. The Bertz CT molecular complexity index is 1290. The number of nitro groups is 3. The number of nitriles is 1. The normalized spacial score (nSPS) is 10.8. The lowest BCUT2D eigenvalue weighted by atomic mass is 10.0. The first-order valence-electron chi connectivity index (χ1n) is 8.86. The molecule has 158 valence electrons. The molecule has 0 aliphatic carbocycles. The van der Waals surface area contributed by atoms with Gasteiger partial charge in [-0.2, -0.15) is 5.26 Å². The van der Waals surface area contributed by atoms with Crippen LogP contribution in [0, 0.1) is 41.7 Å². The molecule has 11 nitrogen and oxygen atoms in total. The highest BCUT2D eigenvalue weighted by Gasteiger charge is 2.21. The molecule has 0 atom stereocenters. The van der Waals surface area contributed by atoms with Gasteiger partial charge in [-0.3, -0.25) is 30.3 Å². The topological polar surface area (TPSA) is 162 Å². The zero-order valence-electron chi connectivity index (χ0n) is 16.1. The third-order valence-corrected chi connectivity index (χ3v) is 4.26. The molecule has 3 aromatic carbocycles. The van der Waals surface area contributed by atoms with Crippen molar-refractivity contribution in [1.29, 1.82) is 5.26 Å². The van der Waals surface area contributed by atoms with E-state index in [1.165, 1.54) is 42.5 Å². The van der Waals surface area contributed by atoms with Crippen LogP contribution >= 0.6 is 0 Å². The molecule has 0 amide bonds. The van der Waals surface area contributed by atoms with Gasteiger partial charge in [-0.05, 0) is 47.5 Å². The van der Waals surface area contributed by atoms with E-state index >= 15 is 0 Å². The summed E-state index contributed by atoms with van der Waals surface area (Å²) >= 11 is 0. The summed E-state index contributed by atoms with van der Waals surface area (Å²) in [5.74, 6) is 0.0225. The molecule has 0 aliphatic rings. The highest BCUT2D eigenvalue weighted by atomic mass is 16.6. The Morgan fingerprint density at radius 1 is 0.844 bits per heavy atom. The summed E-state index contributed by atoms with van der Waals surface area (Å²) < 4.78 is 5.56. The summed E-state index contributed by atoms with van der Waals surface area (Å²) in [6.45, 7) is 0. The monoisotopic (exact) mass is 432 g/mol. The quantitative estimate of drug-likeness (QED) is 0.211. The molecular formula is C21H12N4O7. The Labute approximate surface area is 179 Å². The zero-order chi connectivity index (χ0) is 23.3. The summed E-state index contributed by atoms with van der Waals surface area (Å²) in [6.07, 6.45) is 1.53. The van der Waals surface area contributed by atoms with Crippen LogP contribution in [0.3, 0.4) is 0 Å². The van der Waals surface area contributed by atoms with Crippen molar-refractivity contribution in [2.24, 2.45) is 0 Å². The minimum atomic E-state index is -0.783. The third kappa shape index (κ3) is 4.89. The highest BCUT2D eigenvalue weighted by Crippen LogP contribution is 2.35. The number of nitrogens with zero attached hydrogens (tertiary/aromatic N) is 4. The molecule has 0 bridgehead atoms. The summed E-state index contributed by atoms with van der Waals surface area (Å²) in [6, 6.07) is 16.8. The van der Waals surface area contributed by atoms with E-state index in [1.807, 2.05) is 6.07 Å². The van der Waals surface area contributed by atoms with Crippen LogP contribution in [-0.2, 0) is 0 Å². The average molecular weight is 432 g/mol. The van der Waals surface area contributed by atoms with Crippen LogP contribution < -0.4 is 4.74 Å². The first kappa shape index (κ1) is 21.6. The molecule has 32 heavy (non-hydrogen) atoms. The maximum absolute atomic E-state index is 11.3. The van der Waals surface area contributed by atoms with Gasteiger partial charge in [0.25, 0.3) is 11.4 Å². The summed E-state index contributed by atoms with van der Waals surface area (Å²) in [7, 11) is 0. The van der Waals surface area contributed by atoms with Gasteiger partial charge in [-0.25, -0.2) is 0 Å². The van der Waals surface area contributed by atoms with E-state index in [0.29, 0.717) is 11.1 Å². The molecule has 11 heteroatoms. The molecule has 0 saturated carbocycles. The Morgan fingerprint density at radius 3 is 2.09 bits per heavy atom. The minimum Gasteiger partial charge on any atom is -0.450 e. The van der Waals surface area contributed by atoms with Crippen molar-refractivity contribution in [1.82, 2.24) is 0 Å². The molecule has 3 aromatic rings. The molecule has 0 radical (unpaired) electrons. The number of rotatable bonds is 7. The van der Waals surface area contributed by atoms with Crippen molar-refractivity contribution in [3.63, 3.8) is 0 Å². The second-order valence-corrected chi connectivity index (χ2v) is 6.31. The fraction of sp³-hybridized carbons (Fsp3) is 0. The Kier molecular flexibility index (Phi) is 6.17. The van der Waals surface area contributed by atoms with E-state index in [0.717, 1.165) is 18.2 Å². The van der Waals surface area contributed by atoms with Crippen LogP contribution in [0.2, 0.25) is 0 Å². The van der Waals surface area contributed by atoms with E-state index in [4.69, 9.17) is 4.74 Å². The van der Waals surface area contributed by atoms with Crippen LogP contribution in [0.1, 0.15) is 11.1 Å². The largest absolute Gasteiger partial charge is 0.450 e. The van der Waals surface area contributed by atoms with Gasteiger partial charge < -0.3 is 4.74 Å². The van der Waals surface area contributed by atoms with E-state index in [1.54, 1.807) is 12.1 Å². The van der Waals surface area contributed by atoms with Gasteiger partial charge in [-0.1, -0.05) is 12.1 Å². The maximum atomic E-state index is 11.3. The number of hydrogen-bond donors (Lipinski definition) is 0. The van der Waals surface area contributed by atoms with Crippen LogP contribution in [-0.4, -0.2) is 14.8 Å². The van der Waals surface area contributed by atoms with Crippen LogP contribution in [0.4, 0.5) is 17.1 Å². The second kappa shape index (κ2) is 9.14. The number of nitro benzene ring substituents is 3. The van der Waals surface area contributed by atoms with Gasteiger partial charge in [0.15, 0.2) is 0 Å². The summed E-state index contributed by atoms with van der Waals surface area (Å²) in [4.78, 5) is 30.9. The predicted molar refractivity (Wildman–Crippen MR) is 113 cm³/mol. The predicted octanol–water partition coefficient (Wildman–Crippen LogP) is 5.27. The van der Waals surface area contributed by atoms with Gasteiger partial charge in [0.2, 0.25) is 5.75 Å². The van der Waals surface area contributed by atoms with E-state index < -0.39 is 26.1 Å². The SMILES string of the molecule is N#C/C(=C/c1cccc(Oc2ccc([N+](=O)[O-])cc2[N+](=O)[O-])c1)c1ccc([N+](=O)[O-])cc1. The average Bonchev–Trinajstić information content (AvgIpc) is 2.77. The third-order valence-electron chi connectivity index (χ3n) is 4.26. The smallest absolute Gasteiger partial charge is 0.318 e. The maximum Gasteiger partial charge on any atom is 0.318 e. The molecule has 0 unspecified atom stereocenters. The lowest BCUT2D eigenvalue weighted by molar-refractivity contribution is -0.394. The molecule has 0 spiro atoms. The minimum absolute atomic E-state index is 0.105. The fourth-order valence-corrected chi connectivity index (χ4v) is 2.75. The van der Waals surface area contributed by atoms with Crippen LogP contribution in [0.15, 0.2) is 66.7 Å². The standard InChI is InChI=1S/C21H12N4O7/c22-13-16(15-4-6-17(7-5-15)23(26)27)10-14-2-1-3-19(11-14)32-21-9-8-18(24(28)29)12-20(21)25(30)31/h1-12H/b16-10-. The van der Waals surface area contributed by atoms with Crippen molar-refractivity contribution >= 4 is 28.7 Å². The van der Waals surface area contributed by atoms with Gasteiger partial charge in [0.1, 0.15) is 5.75 Å². The van der Waals surface area contributed by atoms with Crippen molar-refractivity contribution in [3.05, 3.63) is 108 Å². The van der Waals surface area contributed by atoms with Gasteiger partial charge in [-0.15, -0.1) is 0 Å². The Balaban J connectivity index is 1.91. The molecule has 0 heterocycles. The van der Waals surface area contributed by atoms with Gasteiger partial charge in [0, 0.05) is 18.2 Å². The van der Waals surface area contributed by atoms with Crippen molar-refractivity contribution in [2.45, 2.75) is 0 Å².